The average Bonchev–Trinajstić information content (AvgIpc) is 3.41. The van der Waals surface area contributed by atoms with E-state index in [1.807, 2.05) is 24.3 Å². The molecule has 0 unspecified atom stereocenters. The van der Waals surface area contributed by atoms with Crippen molar-refractivity contribution in [3.63, 3.8) is 0 Å². The van der Waals surface area contributed by atoms with E-state index in [0.29, 0.717) is 18.7 Å². The normalized spacial score (nSPS) is 13.4. The van der Waals surface area contributed by atoms with Gasteiger partial charge >= 0.3 is 0 Å². The van der Waals surface area contributed by atoms with E-state index in [0.717, 1.165) is 19.3 Å². The summed E-state index contributed by atoms with van der Waals surface area (Å²) in [7, 11) is 0. The molecular formula is C18H24N2O3. The Bertz CT molecular complexity index is 562. The molecule has 0 saturated heterocycles. The van der Waals surface area contributed by atoms with Crippen molar-refractivity contribution in [3.05, 3.63) is 35.4 Å². The Kier molecular flexibility index (Phi) is 6.32. The number of carbonyl (C=O) groups is 3. The minimum atomic E-state index is -0.163. The van der Waals surface area contributed by atoms with Gasteiger partial charge in [-0.2, -0.15) is 0 Å². The molecule has 2 N–H and O–H groups in total. The number of Topliss-reactive ketones (excluding diaryl/α,β-unsaturated/α-hetero) is 1. The Labute approximate surface area is 136 Å². The van der Waals surface area contributed by atoms with Crippen LogP contribution in [0, 0.1) is 5.92 Å². The molecule has 1 aliphatic carbocycles. The molecule has 0 heterocycles. The van der Waals surface area contributed by atoms with Gasteiger partial charge in [0.1, 0.15) is 0 Å². The maximum Gasteiger partial charge on any atom is 0.223 e. The molecule has 124 valence electrons. The van der Waals surface area contributed by atoms with Gasteiger partial charge in [-0.25, -0.2) is 0 Å². The first kappa shape index (κ1) is 17.2. The van der Waals surface area contributed by atoms with Crippen LogP contribution in [0.15, 0.2) is 24.3 Å². The molecule has 2 amide bonds. The summed E-state index contributed by atoms with van der Waals surface area (Å²) in [6.07, 6.45) is 3.25. The number of benzene rings is 1. The Morgan fingerprint density at radius 3 is 2.26 bits per heavy atom. The number of carbonyl (C=O) groups excluding carboxylic acids is 3. The van der Waals surface area contributed by atoms with Crippen molar-refractivity contribution in [2.24, 2.45) is 5.92 Å². The molecule has 0 spiro atoms. The van der Waals surface area contributed by atoms with Crippen LogP contribution in [0.1, 0.15) is 48.5 Å². The summed E-state index contributed by atoms with van der Waals surface area (Å²) in [5.74, 6) is 0.0708. The van der Waals surface area contributed by atoms with Crippen LogP contribution in [0.4, 0.5) is 0 Å². The Balaban J connectivity index is 1.60. The average molecular weight is 316 g/mol. The third-order valence-corrected chi connectivity index (χ3v) is 3.96. The van der Waals surface area contributed by atoms with Crippen LogP contribution in [0.2, 0.25) is 0 Å². The molecule has 0 bridgehead atoms. The number of ketones is 1. The van der Waals surface area contributed by atoms with E-state index in [4.69, 9.17) is 0 Å². The van der Waals surface area contributed by atoms with E-state index < -0.39 is 0 Å². The van der Waals surface area contributed by atoms with E-state index in [9.17, 15) is 14.4 Å². The van der Waals surface area contributed by atoms with Crippen LogP contribution < -0.4 is 10.6 Å². The smallest absolute Gasteiger partial charge is 0.223 e. The summed E-state index contributed by atoms with van der Waals surface area (Å²) in [6, 6.07) is 7.50. The largest absolute Gasteiger partial charge is 0.354 e. The van der Waals surface area contributed by atoms with Gasteiger partial charge in [-0.05, 0) is 24.8 Å². The second kappa shape index (κ2) is 8.46. The monoisotopic (exact) mass is 316 g/mol. The fourth-order valence-corrected chi connectivity index (χ4v) is 2.26. The molecule has 23 heavy (non-hydrogen) atoms. The molecule has 5 heteroatoms. The van der Waals surface area contributed by atoms with Crippen molar-refractivity contribution in [3.8, 4) is 0 Å². The summed E-state index contributed by atoms with van der Waals surface area (Å²) >= 11 is 0. The van der Waals surface area contributed by atoms with Crippen LogP contribution in [-0.2, 0) is 16.0 Å². The highest BCUT2D eigenvalue weighted by Crippen LogP contribution is 2.28. The highest BCUT2D eigenvalue weighted by Gasteiger charge is 2.28. The Hall–Kier alpha value is -2.17. The fourth-order valence-electron chi connectivity index (χ4n) is 2.26. The quantitative estimate of drug-likeness (QED) is 0.539. The molecule has 0 aromatic heterocycles. The second-order valence-corrected chi connectivity index (χ2v) is 5.89. The molecule has 0 atom stereocenters. The van der Waals surface area contributed by atoms with Gasteiger partial charge in [-0.3, -0.25) is 14.4 Å². The fraction of sp³-hybridized carbons (Fsp3) is 0.500. The standard InChI is InChI=1S/C18H24N2O3/c1-2-13-3-5-14(6-4-13)16(21)9-10-17(22)19-11-12-20-18(23)15-7-8-15/h3-6,15H,2,7-12H2,1H3,(H,19,22)(H,20,23). The third-order valence-electron chi connectivity index (χ3n) is 3.96. The first-order chi connectivity index (χ1) is 11.1. The third kappa shape index (κ3) is 5.85. The summed E-state index contributed by atoms with van der Waals surface area (Å²) in [6.45, 7) is 2.90. The number of nitrogens with one attached hydrogen (secondary N) is 2. The van der Waals surface area contributed by atoms with Gasteiger partial charge in [0.05, 0.1) is 0 Å². The molecule has 1 aliphatic rings. The lowest BCUT2D eigenvalue weighted by Gasteiger charge is -2.07. The molecule has 1 aromatic carbocycles. The van der Waals surface area contributed by atoms with Gasteiger partial charge in [-0.15, -0.1) is 0 Å². The minimum absolute atomic E-state index is 0.0233. The zero-order valence-corrected chi connectivity index (χ0v) is 13.6. The van der Waals surface area contributed by atoms with Gasteiger partial charge in [0.2, 0.25) is 11.8 Å². The van der Waals surface area contributed by atoms with E-state index in [-0.39, 0.29) is 36.4 Å². The van der Waals surface area contributed by atoms with Gasteiger partial charge in [-0.1, -0.05) is 31.2 Å². The molecule has 2 rings (SSSR count). The zero-order chi connectivity index (χ0) is 16.7. The predicted octanol–water partition coefficient (Wildman–Crippen LogP) is 1.85. The Morgan fingerprint density at radius 1 is 1.00 bits per heavy atom. The Morgan fingerprint density at radius 2 is 1.65 bits per heavy atom. The molecule has 1 fully saturated rings. The highest BCUT2D eigenvalue weighted by molar-refractivity contribution is 5.97. The van der Waals surface area contributed by atoms with E-state index in [1.165, 1.54) is 5.56 Å². The van der Waals surface area contributed by atoms with Crippen LogP contribution in [0.25, 0.3) is 0 Å². The van der Waals surface area contributed by atoms with Crippen molar-refractivity contribution in [1.82, 2.24) is 10.6 Å². The first-order valence-electron chi connectivity index (χ1n) is 8.26. The summed E-state index contributed by atoms with van der Waals surface area (Å²) in [4.78, 5) is 35.1. The van der Waals surface area contributed by atoms with Gasteiger partial charge in [0.25, 0.3) is 0 Å². The van der Waals surface area contributed by atoms with Crippen LogP contribution in [-0.4, -0.2) is 30.7 Å². The summed E-state index contributed by atoms with van der Waals surface area (Å²) < 4.78 is 0. The lowest BCUT2D eigenvalue weighted by Crippen LogP contribution is -2.35. The maximum atomic E-state index is 12.0. The molecule has 0 radical (unpaired) electrons. The van der Waals surface area contributed by atoms with Gasteiger partial charge in [0.15, 0.2) is 5.78 Å². The lowest BCUT2D eigenvalue weighted by molar-refractivity contribution is -0.123. The summed E-state index contributed by atoms with van der Waals surface area (Å²) in [5.41, 5.74) is 1.83. The predicted molar refractivity (Wildman–Crippen MR) is 88.1 cm³/mol. The van der Waals surface area contributed by atoms with Gasteiger partial charge in [0, 0.05) is 37.4 Å². The minimum Gasteiger partial charge on any atom is -0.354 e. The number of hydrogen-bond acceptors (Lipinski definition) is 3. The molecule has 5 nitrogen and oxygen atoms in total. The van der Waals surface area contributed by atoms with E-state index >= 15 is 0 Å². The van der Waals surface area contributed by atoms with Crippen LogP contribution in [0.3, 0.4) is 0 Å². The topological polar surface area (TPSA) is 75.3 Å². The maximum absolute atomic E-state index is 12.0. The highest BCUT2D eigenvalue weighted by atomic mass is 16.2. The molecular weight excluding hydrogens is 292 g/mol. The molecule has 1 saturated carbocycles. The lowest BCUT2D eigenvalue weighted by atomic mass is 10.0. The van der Waals surface area contributed by atoms with Crippen molar-refractivity contribution in [2.45, 2.75) is 39.0 Å². The number of rotatable bonds is 9. The number of hydrogen-bond donors (Lipinski definition) is 2. The molecule has 0 aliphatic heterocycles. The van der Waals surface area contributed by atoms with Crippen LogP contribution in [0.5, 0.6) is 0 Å². The first-order valence-corrected chi connectivity index (χ1v) is 8.26. The summed E-state index contributed by atoms with van der Waals surface area (Å²) in [5, 5.41) is 5.50. The van der Waals surface area contributed by atoms with Crippen LogP contribution >= 0.6 is 0 Å². The van der Waals surface area contributed by atoms with E-state index in [2.05, 4.69) is 17.6 Å². The van der Waals surface area contributed by atoms with Crippen molar-refractivity contribution < 1.29 is 14.4 Å². The number of aryl methyl sites for hydroxylation is 1. The SMILES string of the molecule is CCc1ccc(C(=O)CCC(=O)NCCNC(=O)C2CC2)cc1. The van der Waals surface area contributed by atoms with Crippen molar-refractivity contribution in [1.29, 1.82) is 0 Å². The van der Waals surface area contributed by atoms with Crippen molar-refractivity contribution in [2.75, 3.05) is 13.1 Å². The van der Waals surface area contributed by atoms with E-state index in [1.54, 1.807) is 0 Å². The number of amides is 2. The second-order valence-electron chi connectivity index (χ2n) is 5.89. The van der Waals surface area contributed by atoms with Gasteiger partial charge < -0.3 is 10.6 Å². The van der Waals surface area contributed by atoms with Crippen molar-refractivity contribution >= 4 is 17.6 Å². The zero-order valence-electron chi connectivity index (χ0n) is 13.6. The molecule has 1 aromatic rings.